The minimum absolute atomic E-state index is 0.162. The van der Waals surface area contributed by atoms with E-state index in [2.05, 4.69) is 23.2 Å². The van der Waals surface area contributed by atoms with E-state index in [9.17, 15) is 4.79 Å². The van der Waals surface area contributed by atoms with E-state index in [0.29, 0.717) is 36.4 Å². The Morgan fingerprint density at radius 1 is 1.57 bits per heavy atom. The molecule has 0 saturated carbocycles. The summed E-state index contributed by atoms with van der Waals surface area (Å²) in [5, 5.41) is 11.8. The zero-order chi connectivity index (χ0) is 15.6. The first kappa shape index (κ1) is 15.5. The Hall–Kier alpha value is -1.84. The van der Waals surface area contributed by atoms with Crippen molar-refractivity contribution >= 4 is 11.8 Å². The van der Waals surface area contributed by atoms with Crippen LogP contribution in [0.25, 0.3) is 0 Å². The number of nitrogens with zero attached hydrogens (tertiary/aromatic N) is 2. The van der Waals surface area contributed by atoms with Crippen molar-refractivity contribution < 1.29 is 9.21 Å². The topological polar surface area (TPSA) is 95.3 Å². The fourth-order valence-electron chi connectivity index (χ4n) is 2.81. The summed E-state index contributed by atoms with van der Waals surface area (Å²) >= 11 is 0. The first-order valence-corrected chi connectivity index (χ1v) is 7.20. The number of likely N-dealkylation sites (tertiary alicyclic amines) is 1. The largest absolute Gasteiger partial charge is 0.444 e. The van der Waals surface area contributed by atoms with Gasteiger partial charge in [-0.15, -0.1) is 0 Å². The van der Waals surface area contributed by atoms with Crippen LogP contribution in [0.2, 0.25) is 0 Å². The van der Waals surface area contributed by atoms with Gasteiger partial charge in [-0.2, -0.15) is 5.26 Å². The average Bonchev–Trinajstić information content (AvgIpc) is 2.91. The normalized spacial score (nSPS) is 22.2. The van der Waals surface area contributed by atoms with Gasteiger partial charge in [0.25, 0.3) is 0 Å². The summed E-state index contributed by atoms with van der Waals surface area (Å²) in [7, 11) is 0. The number of nitrogens with one attached hydrogen (secondary N) is 1. The number of rotatable bonds is 4. The second-order valence-electron chi connectivity index (χ2n) is 5.76. The van der Waals surface area contributed by atoms with Crippen LogP contribution >= 0.6 is 0 Å². The first-order valence-electron chi connectivity index (χ1n) is 7.20. The Balaban J connectivity index is 2.00. The highest BCUT2D eigenvalue weighted by molar-refractivity contribution is 5.92. The fourth-order valence-corrected chi connectivity index (χ4v) is 2.81. The van der Waals surface area contributed by atoms with E-state index < -0.39 is 0 Å². The molecule has 1 fully saturated rings. The molecular formula is C15H22N4O2. The summed E-state index contributed by atoms with van der Waals surface area (Å²) in [6, 6.07) is 2.42. The number of hydrogen-bond acceptors (Lipinski definition) is 5. The van der Waals surface area contributed by atoms with Crippen molar-refractivity contribution in [1.29, 1.82) is 5.26 Å². The molecule has 0 radical (unpaired) electrons. The maximum Gasteiger partial charge on any atom is 0.240 e. The van der Waals surface area contributed by atoms with Gasteiger partial charge >= 0.3 is 0 Å². The van der Waals surface area contributed by atoms with E-state index in [-0.39, 0.29) is 11.8 Å². The summed E-state index contributed by atoms with van der Waals surface area (Å²) in [6.45, 7) is 7.47. The van der Waals surface area contributed by atoms with Gasteiger partial charge in [0.2, 0.25) is 11.8 Å². The number of furan rings is 1. The molecule has 3 N–H and O–H groups in total. The Kier molecular flexibility index (Phi) is 4.66. The molecule has 114 valence electrons. The number of carbonyl (C=O) groups is 1. The molecule has 6 heteroatoms. The molecule has 2 atom stereocenters. The molecule has 1 aromatic heterocycles. The van der Waals surface area contributed by atoms with E-state index in [1.165, 1.54) is 0 Å². The third-order valence-corrected chi connectivity index (χ3v) is 4.22. The van der Waals surface area contributed by atoms with Gasteiger partial charge in [-0.1, -0.05) is 0 Å². The molecule has 6 nitrogen and oxygen atoms in total. The molecule has 1 aromatic rings. The first-order chi connectivity index (χ1) is 9.96. The Morgan fingerprint density at radius 2 is 2.29 bits per heavy atom. The SMILES string of the molecule is Cc1oc(NC(=O)CN2CC(CN)CC2C)c(C#N)c1C. The van der Waals surface area contributed by atoms with Crippen molar-refractivity contribution in [2.75, 3.05) is 25.0 Å². The number of hydrogen-bond donors (Lipinski definition) is 2. The second-order valence-corrected chi connectivity index (χ2v) is 5.76. The lowest BCUT2D eigenvalue weighted by molar-refractivity contribution is -0.117. The molecule has 2 unspecified atom stereocenters. The van der Waals surface area contributed by atoms with E-state index in [1.807, 2.05) is 0 Å². The maximum atomic E-state index is 12.1. The lowest BCUT2D eigenvalue weighted by Crippen LogP contribution is -2.36. The molecule has 1 amide bonds. The molecule has 21 heavy (non-hydrogen) atoms. The van der Waals surface area contributed by atoms with Crippen LogP contribution in [-0.2, 0) is 4.79 Å². The van der Waals surface area contributed by atoms with E-state index in [4.69, 9.17) is 15.4 Å². The highest BCUT2D eigenvalue weighted by atomic mass is 16.4. The van der Waals surface area contributed by atoms with Crippen molar-refractivity contribution in [1.82, 2.24) is 4.90 Å². The molecule has 0 aliphatic carbocycles. The molecule has 1 aliphatic heterocycles. The molecule has 0 aromatic carbocycles. The molecule has 0 spiro atoms. The Morgan fingerprint density at radius 3 is 2.86 bits per heavy atom. The van der Waals surface area contributed by atoms with Gasteiger partial charge in [-0.25, -0.2) is 0 Å². The van der Waals surface area contributed by atoms with Gasteiger partial charge in [0.15, 0.2) is 0 Å². The van der Waals surface area contributed by atoms with Crippen LogP contribution in [0.5, 0.6) is 0 Å². The summed E-state index contributed by atoms with van der Waals surface area (Å²) in [4.78, 5) is 14.3. The number of aryl methyl sites for hydroxylation is 1. The quantitative estimate of drug-likeness (QED) is 0.873. The summed E-state index contributed by atoms with van der Waals surface area (Å²) in [6.07, 6.45) is 1.02. The van der Waals surface area contributed by atoms with Crippen LogP contribution in [0.3, 0.4) is 0 Å². The van der Waals surface area contributed by atoms with Crippen LogP contribution in [-0.4, -0.2) is 36.5 Å². The lowest BCUT2D eigenvalue weighted by atomic mass is 10.1. The van der Waals surface area contributed by atoms with Gasteiger partial charge < -0.3 is 10.2 Å². The predicted molar refractivity (Wildman–Crippen MR) is 79.7 cm³/mol. The molecule has 2 rings (SSSR count). The van der Waals surface area contributed by atoms with Crippen LogP contribution in [0, 0.1) is 31.1 Å². The molecule has 2 heterocycles. The van der Waals surface area contributed by atoms with Gasteiger partial charge in [0.1, 0.15) is 17.4 Å². The molecule has 0 bridgehead atoms. The minimum Gasteiger partial charge on any atom is -0.444 e. The van der Waals surface area contributed by atoms with Crippen molar-refractivity contribution in [3.8, 4) is 6.07 Å². The number of amides is 1. The third kappa shape index (κ3) is 3.26. The van der Waals surface area contributed by atoms with Crippen molar-refractivity contribution in [3.05, 3.63) is 16.9 Å². The summed E-state index contributed by atoms with van der Waals surface area (Å²) < 4.78 is 5.45. The van der Waals surface area contributed by atoms with Crippen LogP contribution in [0.15, 0.2) is 4.42 Å². The Bertz CT molecular complexity index is 573. The van der Waals surface area contributed by atoms with Gasteiger partial charge in [0.05, 0.1) is 6.54 Å². The number of carbonyl (C=O) groups excluding carboxylic acids is 1. The van der Waals surface area contributed by atoms with E-state index in [0.717, 1.165) is 18.5 Å². The van der Waals surface area contributed by atoms with Crippen LogP contribution in [0.4, 0.5) is 5.88 Å². The summed E-state index contributed by atoms with van der Waals surface area (Å²) in [5.74, 6) is 1.19. The van der Waals surface area contributed by atoms with Crippen molar-refractivity contribution in [2.24, 2.45) is 11.7 Å². The molecule has 1 aliphatic rings. The van der Waals surface area contributed by atoms with Crippen molar-refractivity contribution in [3.63, 3.8) is 0 Å². The monoisotopic (exact) mass is 290 g/mol. The van der Waals surface area contributed by atoms with E-state index in [1.54, 1.807) is 13.8 Å². The summed E-state index contributed by atoms with van der Waals surface area (Å²) in [5.41, 5.74) is 6.86. The van der Waals surface area contributed by atoms with E-state index >= 15 is 0 Å². The molecular weight excluding hydrogens is 268 g/mol. The number of nitrogens with two attached hydrogens (primary N) is 1. The number of nitriles is 1. The van der Waals surface area contributed by atoms with Crippen LogP contribution in [0.1, 0.15) is 30.2 Å². The van der Waals surface area contributed by atoms with Gasteiger partial charge in [-0.3, -0.25) is 15.0 Å². The lowest BCUT2D eigenvalue weighted by Gasteiger charge is -2.19. The third-order valence-electron chi connectivity index (χ3n) is 4.22. The average molecular weight is 290 g/mol. The van der Waals surface area contributed by atoms with Crippen LogP contribution < -0.4 is 11.1 Å². The second kappa shape index (κ2) is 6.29. The maximum absolute atomic E-state index is 12.1. The smallest absolute Gasteiger partial charge is 0.240 e. The van der Waals surface area contributed by atoms with Gasteiger partial charge in [0, 0.05) is 18.2 Å². The van der Waals surface area contributed by atoms with Gasteiger partial charge in [-0.05, 0) is 39.7 Å². The highest BCUT2D eigenvalue weighted by Gasteiger charge is 2.29. The Labute approximate surface area is 124 Å². The standard InChI is InChI=1S/C15H22N4O2/c1-9-4-12(5-16)7-19(9)8-14(20)18-15-13(6-17)10(2)11(3)21-15/h9,12H,4-5,7-8,16H2,1-3H3,(H,18,20). The zero-order valence-electron chi connectivity index (χ0n) is 12.8. The highest BCUT2D eigenvalue weighted by Crippen LogP contribution is 2.26. The zero-order valence-corrected chi connectivity index (χ0v) is 12.8. The fraction of sp³-hybridized carbons (Fsp3) is 0.600. The molecule has 1 saturated heterocycles. The minimum atomic E-state index is -0.162. The number of anilines is 1. The van der Waals surface area contributed by atoms with Crippen molar-refractivity contribution in [2.45, 2.75) is 33.2 Å². The predicted octanol–water partition coefficient (Wildman–Crippen LogP) is 1.38.